The van der Waals surface area contributed by atoms with Gasteiger partial charge in [-0.2, -0.15) is 0 Å². The molecule has 0 aliphatic rings. The number of benzene rings is 1. The normalized spacial score (nSPS) is 8.57. The molecule has 0 fully saturated rings. The Kier molecular flexibility index (Phi) is 5.72. The van der Waals surface area contributed by atoms with Gasteiger partial charge in [-0.05, 0) is 17.3 Å². The van der Waals surface area contributed by atoms with Crippen LogP contribution in [-0.2, 0) is 25.9 Å². The van der Waals surface area contributed by atoms with Crippen LogP contribution >= 0.6 is 0 Å². The van der Waals surface area contributed by atoms with Crippen molar-refractivity contribution in [3.05, 3.63) is 29.2 Å². The van der Waals surface area contributed by atoms with Crippen molar-refractivity contribution in [1.29, 1.82) is 0 Å². The Bertz CT molecular complexity index is 329. The van der Waals surface area contributed by atoms with Crippen LogP contribution in [-0.4, -0.2) is 17.7 Å². The van der Waals surface area contributed by atoms with Gasteiger partial charge in [0.15, 0.2) is 6.61 Å². The van der Waals surface area contributed by atoms with E-state index in [1.165, 1.54) is 12.1 Å². The van der Waals surface area contributed by atoms with E-state index in [9.17, 15) is 9.70 Å². The molecule has 1 aromatic carbocycles. The number of aliphatic carboxylic acids is 1. The molecule has 0 saturated carbocycles. The summed E-state index contributed by atoms with van der Waals surface area (Å²) in [5, 5.41) is 11.0. The molecular weight excluding hydrogens is 270 g/mol. The van der Waals surface area contributed by atoms with E-state index in [2.05, 4.69) is 5.18 Å². The van der Waals surface area contributed by atoms with Crippen molar-refractivity contribution < 1.29 is 35.7 Å². The van der Waals surface area contributed by atoms with Gasteiger partial charge in [0.2, 0.25) is 0 Å². The maximum Gasteiger partial charge on any atom is 0.341 e. The van der Waals surface area contributed by atoms with Gasteiger partial charge in [0.1, 0.15) is 11.4 Å². The average molecular weight is 277 g/mol. The molecule has 0 aliphatic carbocycles. The number of carboxylic acid groups (broad SMARTS) is 1. The van der Waals surface area contributed by atoms with Crippen molar-refractivity contribution in [2.45, 2.75) is 0 Å². The Morgan fingerprint density at radius 3 is 2.79 bits per heavy atom. The number of hydrogen-bond donors (Lipinski definition) is 1. The van der Waals surface area contributed by atoms with Crippen LogP contribution in [0.25, 0.3) is 0 Å². The van der Waals surface area contributed by atoms with Gasteiger partial charge in [0.25, 0.3) is 0 Å². The molecule has 0 spiro atoms. The van der Waals surface area contributed by atoms with Crippen LogP contribution in [0.5, 0.6) is 5.75 Å². The minimum atomic E-state index is -1.07. The number of rotatable bonds is 4. The van der Waals surface area contributed by atoms with Gasteiger partial charge >= 0.3 is 5.97 Å². The van der Waals surface area contributed by atoms with E-state index in [1.54, 1.807) is 12.1 Å². The topological polar surface area (TPSA) is 76.0 Å². The molecule has 1 aromatic rings. The van der Waals surface area contributed by atoms with Crippen LogP contribution < -0.4 is 4.74 Å². The molecule has 74 valence electrons. The quantitative estimate of drug-likeness (QED) is 0.669. The molecule has 0 aromatic heterocycles. The van der Waals surface area contributed by atoms with Crippen LogP contribution in [0.1, 0.15) is 0 Å². The Hall–Kier alpha value is -1.22. The van der Waals surface area contributed by atoms with Crippen LogP contribution in [0.2, 0.25) is 0 Å². The van der Waals surface area contributed by atoms with Gasteiger partial charge < -0.3 is 9.84 Å². The fraction of sp³-hybridized carbons (Fsp3) is 0.125. The van der Waals surface area contributed by atoms with Crippen molar-refractivity contribution in [1.82, 2.24) is 0 Å². The largest absolute Gasteiger partial charge is 0.482 e. The molecule has 0 atom stereocenters. The summed E-state index contributed by atoms with van der Waals surface area (Å²) in [6.45, 7) is -0.428. The van der Waals surface area contributed by atoms with Crippen molar-refractivity contribution in [3.63, 3.8) is 0 Å². The van der Waals surface area contributed by atoms with E-state index in [0.29, 0.717) is 5.75 Å². The fourth-order valence-electron chi connectivity index (χ4n) is 0.775. The molecule has 0 aliphatic heterocycles. The summed E-state index contributed by atoms with van der Waals surface area (Å²) >= 11 is 0. The predicted molar refractivity (Wildman–Crippen MR) is 45.0 cm³/mol. The SMILES string of the molecule is O=Nc1cccc(OCC(=O)O)c1.[Mo]. The zero-order valence-electron chi connectivity index (χ0n) is 7.04. The summed E-state index contributed by atoms with van der Waals surface area (Å²) in [4.78, 5) is 20.2. The molecule has 0 heterocycles. The summed E-state index contributed by atoms with van der Waals surface area (Å²) in [7, 11) is 0. The van der Waals surface area contributed by atoms with Gasteiger partial charge in [-0.25, -0.2) is 4.79 Å². The fourth-order valence-corrected chi connectivity index (χ4v) is 0.775. The van der Waals surface area contributed by atoms with E-state index in [0.717, 1.165) is 0 Å². The zero-order chi connectivity index (χ0) is 9.68. The first-order valence-corrected chi connectivity index (χ1v) is 3.50. The first-order chi connectivity index (χ1) is 6.22. The maximum atomic E-state index is 10.1. The van der Waals surface area contributed by atoms with Gasteiger partial charge in [-0.15, -0.1) is 4.91 Å². The standard InChI is InChI=1S/C8H7NO4.Mo/c10-8(11)5-13-7-3-1-2-6(4-7)9-12;/h1-4H,5H2,(H,10,11);. The molecule has 0 unspecified atom stereocenters. The Morgan fingerprint density at radius 1 is 1.50 bits per heavy atom. The first-order valence-electron chi connectivity index (χ1n) is 3.50. The number of nitrogens with zero attached hydrogens (tertiary/aromatic N) is 1. The van der Waals surface area contributed by atoms with E-state index in [1.807, 2.05) is 0 Å². The molecule has 0 bridgehead atoms. The molecule has 0 saturated heterocycles. The summed E-state index contributed by atoms with van der Waals surface area (Å²) in [5.41, 5.74) is 0.211. The number of carbonyl (C=O) groups is 1. The number of nitroso groups, excluding NO2 is 1. The van der Waals surface area contributed by atoms with E-state index < -0.39 is 12.6 Å². The van der Waals surface area contributed by atoms with Crippen LogP contribution in [0.4, 0.5) is 5.69 Å². The van der Waals surface area contributed by atoms with Crippen molar-refractivity contribution in [3.8, 4) is 5.75 Å². The number of carboxylic acids is 1. The third-order valence-electron chi connectivity index (χ3n) is 1.29. The first kappa shape index (κ1) is 12.8. The second-order valence-electron chi connectivity index (χ2n) is 2.27. The third-order valence-corrected chi connectivity index (χ3v) is 1.29. The molecule has 5 nitrogen and oxygen atoms in total. The van der Waals surface area contributed by atoms with Gasteiger partial charge in [-0.3, -0.25) is 0 Å². The molecule has 0 radical (unpaired) electrons. The summed E-state index contributed by atoms with van der Waals surface area (Å²) < 4.78 is 4.81. The summed E-state index contributed by atoms with van der Waals surface area (Å²) in [5.74, 6) is -0.746. The smallest absolute Gasteiger partial charge is 0.341 e. The van der Waals surface area contributed by atoms with Crippen molar-refractivity contribution in [2.75, 3.05) is 6.61 Å². The second-order valence-corrected chi connectivity index (χ2v) is 2.27. The summed E-state index contributed by atoms with van der Waals surface area (Å²) in [6.07, 6.45) is 0. The molecule has 14 heavy (non-hydrogen) atoms. The second kappa shape index (κ2) is 6.27. The van der Waals surface area contributed by atoms with Gasteiger partial charge in [0.05, 0.1) is 0 Å². The Labute approximate surface area is 94.3 Å². The van der Waals surface area contributed by atoms with Crippen LogP contribution in [0.15, 0.2) is 29.4 Å². The van der Waals surface area contributed by atoms with Gasteiger partial charge in [0, 0.05) is 27.1 Å². The van der Waals surface area contributed by atoms with E-state index in [-0.39, 0.29) is 26.8 Å². The number of hydrogen-bond acceptors (Lipinski definition) is 4. The van der Waals surface area contributed by atoms with Gasteiger partial charge in [-0.1, -0.05) is 6.07 Å². The Balaban J connectivity index is 0.00000169. The predicted octanol–water partition coefficient (Wildman–Crippen LogP) is 1.55. The zero-order valence-corrected chi connectivity index (χ0v) is 9.05. The van der Waals surface area contributed by atoms with E-state index >= 15 is 0 Å². The molecule has 1 rings (SSSR count). The minimum absolute atomic E-state index is 0. The average Bonchev–Trinajstić information content (AvgIpc) is 2.15. The third kappa shape index (κ3) is 4.14. The Morgan fingerprint density at radius 2 is 2.21 bits per heavy atom. The van der Waals surface area contributed by atoms with Crippen LogP contribution in [0, 0.1) is 4.91 Å². The molecule has 0 amide bonds. The van der Waals surface area contributed by atoms with Crippen LogP contribution in [0.3, 0.4) is 0 Å². The van der Waals surface area contributed by atoms with Crippen molar-refractivity contribution >= 4 is 11.7 Å². The van der Waals surface area contributed by atoms with Crippen molar-refractivity contribution in [2.24, 2.45) is 5.18 Å². The minimum Gasteiger partial charge on any atom is -0.482 e. The monoisotopic (exact) mass is 279 g/mol. The molecular formula is C8H7MoNO4. The van der Waals surface area contributed by atoms with E-state index in [4.69, 9.17) is 9.84 Å². The summed E-state index contributed by atoms with van der Waals surface area (Å²) in [6, 6.07) is 5.99. The molecule has 1 N–H and O–H groups in total. The number of ether oxygens (including phenoxy) is 1. The molecule has 6 heteroatoms. The maximum absolute atomic E-state index is 10.1.